The van der Waals surface area contributed by atoms with Crippen LogP contribution in [0.5, 0.6) is 0 Å². The minimum absolute atomic E-state index is 0. The van der Waals surface area contributed by atoms with Crippen molar-refractivity contribution in [2.24, 2.45) is 5.92 Å². The topological polar surface area (TPSA) is 91.2 Å². The zero-order chi connectivity index (χ0) is 16.4. The van der Waals surface area contributed by atoms with Crippen LogP contribution in [0.2, 0.25) is 0 Å². The molecular weight excluding hydrogens is 330 g/mol. The summed E-state index contributed by atoms with van der Waals surface area (Å²) in [5, 5.41) is 21.0. The highest BCUT2D eigenvalue weighted by Crippen LogP contribution is 2.39. The van der Waals surface area contributed by atoms with Crippen LogP contribution in [-0.2, 0) is 9.59 Å². The standard InChI is InChI=1S/C18H17NO4.ClH/c20-17(21)14-13(11-7-3-1-4-8-11)16(18(22)23)19-15(14)12-9-5-2-6-10-12;/h1-10,13-16,19H,(H,20,21)(H,22,23);1H/t13-,14-,15+,16+;/m1./s1. The normalized spacial score (nSPS) is 25.7. The van der Waals surface area contributed by atoms with Crippen molar-refractivity contribution in [1.29, 1.82) is 0 Å². The summed E-state index contributed by atoms with van der Waals surface area (Å²) in [6.07, 6.45) is 0. The largest absolute Gasteiger partial charge is 1.00 e. The Hall–Kier alpha value is -2.37. The molecule has 0 amide bonds. The van der Waals surface area contributed by atoms with Gasteiger partial charge in [0.25, 0.3) is 0 Å². The molecule has 0 aliphatic carbocycles. The van der Waals surface area contributed by atoms with E-state index >= 15 is 0 Å². The van der Waals surface area contributed by atoms with Crippen molar-refractivity contribution >= 4 is 11.9 Å². The van der Waals surface area contributed by atoms with Gasteiger partial charge in [0.05, 0.1) is 5.92 Å². The summed E-state index contributed by atoms with van der Waals surface area (Å²) in [4.78, 5) is 23.6. The highest BCUT2D eigenvalue weighted by molar-refractivity contribution is 5.79. The first kappa shape index (κ1) is 18.0. The van der Waals surface area contributed by atoms with E-state index < -0.39 is 35.9 Å². The van der Waals surface area contributed by atoms with Gasteiger partial charge in [-0.3, -0.25) is 4.79 Å². The van der Waals surface area contributed by atoms with Gasteiger partial charge >= 0.3 is 11.9 Å². The Morgan fingerprint density at radius 1 is 0.792 bits per heavy atom. The third-order valence-corrected chi connectivity index (χ3v) is 4.51. The number of benzene rings is 2. The van der Waals surface area contributed by atoms with Crippen LogP contribution in [0.15, 0.2) is 60.7 Å². The van der Waals surface area contributed by atoms with Gasteiger partial charge in [-0.05, 0) is 5.56 Å². The van der Waals surface area contributed by atoms with Crippen LogP contribution in [0.4, 0.5) is 0 Å². The second-order valence-electron chi connectivity index (χ2n) is 5.79. The minimum atomic E-state index is -0.983. The van der Waals surface area contributed by atoms with Crippen LogP contribution in [-0.4, -0.2) is 28.2 Å². The summed E-state index contributed by atoms with van der Waals surface area (Å²) >= 11 is 0. The van der Waals surface area contributed by atoms with Crippen LogP contribution < -0.4 is 17.7 Å². The number of carboxylic acids is 2. The molecule has 1 aliphatic rings. The van der Waals surface area contributed by atoms with Gasteiger partial charge in [-0.15, -0.1) is 0 Å². The predicted octanol–water partition coefficient (Wildman–Crippen LogP) is -1.75. The molecule has 6 heteroatoms. The number of quaternary nitrogens is 1. The van der Waals surface area contributed by atoms with Gasteiger partial charge in [0.1, 0.15) is 12.0 Å². The first-order valence-corrected chi connectivity index (χ1v) is 7.50. The monoisotopic (exact) mass is 347 g/mol. The highest BCUT2D eigenvalue weighted by atomic mass is 35.5. The maximum Gasteiger partial charge on any atom is 0.363 e. The number of hydrogen-bond donors (Lipinski definition) is 3. The molecule has 2 aromatic carbocycles. The molecule has 4 atom stereocenters. The van der Waals surface area contributed by atoms with Crippen LogP contribution in [0, 0.1) is 5.92 Å². The highest BCUT2D eigenvalue weighted by Gasteiger charge is 2.55. The molecule has 1 heterocycles. The number of carboxylic acid groups (broad SMARTS) is 2. The van der Waals surface area contributed by atoms with Crippen molar-refractivity contribution in [3.63, 3.8) is 0 Å². The summed E-state index contributed by atoms with van der Waals surface area (Å²) < 4.78 is 0. The van der Waals surface area contributed by atoms with E-state index in [2.05, 4.69) is 0 Å². The Labute approximate surface area is 145 Å². The van der Waals surface area contributed by atoms with Gasteiger partial charge in [0.15, 0.2) is 6.04 Å². The summed E-state index contributed by atoms with van der Waals surface area (Å²) in [6, 6.07) is 17.1. The van der Waals surface area contributed by atoms with Crippen molar-refractivity contribution in [2.75, 3.05) is 0 Å². The van der Waals surface area contributed by atoms with Crippen molar-refractivity contribution < 1.29 is 37.5 Å². The predicted molar refractivity (Wildman–Crippen MR) is 82.8 cm³/mol. The fourth-order valence-electron chi connectivity index (χ4n) is 3.54. The summed E-state index contributed by atoms with van der Waals surface area (Å²) in [5.74, 6) is -3.31. The molecule has 0 spiro atoms. The molecular formula is C18H18ClNO4. The molecule has 4 N–H and O–H groups in total. The van der Waals surface area contributed by atoms with Crippen molar-refractivity contribution in [2.45, 2.75) is 18.0 Å². The average Bonchev–Trinajstić information content (AvgIpc) is 2.97. The Kier molecular flexibility index (Phi) is 5.59. The zero-order valence-corrected chi connectivity index (χ0v) is 13.5. The van der Waals surface area contributed by atoms with E-state index in [4.69, 9.17) is 0 Å². The lowest BCUT2D eigenvalue weighted by Gasteiger charge is -2.18. The molecule has 0 aromatic heterocycles. The Bertz CT molecular complexity index is 707. The number of nitrogens with two attached hydrogens (primary N) is 1. The molecule has 24 heavy (non-hydrogen) atoms. The van der Waals surface area contributed by atoms with Crippen molar-refractivity contribution in [3.8, 4) is 0 Å². The Morgan fingerprint density at radius 2 is 1.29 bits per heavy atom. The maximum absolute atomic E-state index is 11.9. The minimum Gasteiger partial charge on any atom is -1.00 e. The van der Waals surface area contributed by atoms with Gasteiger partial charge in [-0.1, -0.05) is 60.7 Å². The van der Waals surface area contributed by atoms with E-state index in [1.165, 1.54) is 0 Å². The molecule has 126 valence electrons. The molecule has 0 unspecified atom stereocenters. The Morgan fingerprint density at radius 3 is 1.75 bits per heavy atom. The van der Waals surface area contributed by atoms with Crippen LogP contribution in [0.25, 0.3) is 0 Å². The third-order valence-electron chi connectivity index (χ3n) is 4.51. The average molecular weight is 348 g/mol. The van der Waals surface area contributed by atoms with Crippen molar-refractivity contribution in [1.82, 2.24) is 0 Å². The van der Waals surface area contributed by atoms with Gasteiger partial charge in [0, 0.05) is 5.56 Å². The maximum atomic E-state index is 11.9. The number of aliphatic carboxylic acids is 2. The SMILES string of the molecule is O=C(O)[C@@H]1[C@@H](c2ccccc2)[C@@H](C(=O)O)[NH2+][C@H]1c1ccccc1.[Cl-]. The van der Waals surface area contributed by atoms with Crippen LogP contribution >= 0.6 is 0 Å². The fourth-order valence-corrected chi connectivity index (χ4v) is 3.54. The van der Waals surface area contributed by atoms with E-state index in [-0.39, 0.29) is 12.4 Å². The second kappa shape index (κ2) is 7.47. The molecule has 2 aromatic rings. The molecule has 1 aliphatic heterocycles. The summed E-state index contributed by atoms with van der Waals surface area (Å²) in [6.45, 7) is 0. The van der Waals surface area contributed by atoms with Crippen molar-refractivity contribution in [3.05, 3.63) is 71.8 Å². The van der Waals surface area contributed by atoms with Gasteiger partial charge in [0.2, 0.25) is 0 Å². The molecule has 0 radical (unpaired) electrons. The van der Waals surface area contributed by atoms with Gasteiger partial charge < -0.3 is 27.9 Å². The first-order chi connectivity index (χ1) is 11.1. The van der Waals surface area contributed by atoms with E-state index in [0.29, 0.717) is 0 Å². The van der Waals surface area contributed by atoms with Crippen LogP contribution in [0.3, 0.4) is 0 Å². The molecule has 0 saturated carbocycles. The lowest BCUT2D eigenvalue weighted by atomic mass is 9.80. The smallest absolute Gasteiger partial charge is 0.363 e. The van der Waals surface area contributed by atoms with E-state index in [1.807, 2.05) is 48.5 Å². The fraction of sp³-hybridized carbons (Fsp3) is 0.222. The van der Waals surface area contributed by atoms with Crippen LogP contribution in [0.1, 0.15) is 23.1 Å². The second-order valence-corrected chi connectivity index (χ2v) is 5.79. The summed E-state index contributed by atoms with van der Waals surface area (Å²) in [5.41, 5.74) is 1.59. The molecule has 0 bridgehead atoms. The molecule has 3 rings (SSSR count). The lowest BCUT2D eigenvalue weighted by Crippen LogP contribution is -3.00. The number of carbonyl (C=O) groups is 2. The Balaban J connectivity index is 0.00000208. The summed E-state index contributed by atoms with van der Waals surface area (Å²) in [7, 11) is 0. The van der Waals surface area contributed by atoms with E-state index in [0.717, 1.165) is 11.1 Å². The number of halogens is 1. The number of hydrogen-bond acceptors (Lipinski definition) is 2. The third kappa shape index (κ3) is 3.27. The van der Waals surface area contributed by atoms with E-state index in [9.17, 15) is 19.8 Å². The molecule has 1 fully saturated rings. The van der Waals surface area contributed by atoms with Gasteiger partial charge in [-0.2, -0.15) is 0 Å². The van der Waals surface area contributed by atoms with E-state index in [1.54, 1.807) is 17.4 Å². The first-order valence-electron chi connectivity index (χ1n) is 7.50. The molecule has 1 saturated heterocycles. The molecule has 5 nitrogen and oxygen atoms in total. The lowest BCUT2D eigenvalue weighted by molar-refractivity contribution is -0.700. The number of rotatable bonds is 4. The quantitative estimate of drug-likeness (QED) is 0.611. The van der Waals surface area contributed by atoms with Gasteiger partial charge in [-0.25, -0.2) is 4.79 Å². The zero-order valence-electron chi connectivity index (χ0n) is 12.7.